The Morgan fingerprint density at radius 3 is 2.29 bits per heavy atom. The Morgan fingerprint density at radius 2 is 1.65 bits per heavy atom. The second kappa shape index (κ2) is 10.7. The lowest BCUT2D eigenvalue weighted by atomic mass is 9.92. The molecule has 31 heavy (non-hydrogen) atoms. The van der Waals surface area contributed by atoms with Crippen LogP contribution in [-0.4, -0.2) is 20.9 Å². The van der Waals surface area contributed by atoms with Crippen LogP contribution >= 0.6 is 0 Å². The highest BCUT2D eigenvalue weighted by molar-refractivity contribution is 7.84. The van der Waals surface area contributed by atoms with E-state index in [1.54, 1.807) is 0 Å². The van der Waals surface area contributed by atoms with Gasteiger partial charge in [0.1, 0.15) is 16.3 Å². The standard InChI is InChI=1S/C25H32N2O3S/c1-17(2)19-11-10-12-20(18(3)4)24(19)27-23(28)15-6-5-9-16-31(29)25-26-21-13-7-8-14-22(21)30-25/h7-8,10-14,17-18H,5-6,9,15-16H2,1-4H3,(H,27,28). The molecule has 166 valence electrons. The lowest BCUT2D eigenvalue weighted by Gasteiger charge is -2.20. The molecule has 1 N–H and O–H groups in total. The Bertz CT molecular complexity index is 997. The van der Waals surface area contributed by atoms with E-state index in [9.17, 15) is 9.00 Å². The summed E-state index contributed by atoms with van der Waals surface area (Å²) >= 11 is 0. The van der Waals surface area contributed by atoms with Gasteiger partial charge in [-0.15, -0.1) is 0 Å². The van der Waals surface area contributed by atoms with Crippen LogP contribution < -0.4 is 5.32 Å². The molecule has 0 aliphatic rings. The van der Waals surface area contributed by atoms with Crippen molar-refractivity contribution in [2.75, 3.05) is 11.1 Å². The number of nitrogens with one attached hydrogen (secondary N) is 1. The highest BCUT2D eigenvalue weighted by Gasteiger charge is 2.16. The van der Waals surface area contributed by atoms with Crippen LogP contribution in [0.25, 0.3) is 11.1 Å². The third-order valence-corrected chi connectivity index (χ3v) is 6.56. The van der Waals surface area contributed by atoms with E-state index in [-0.39, 0.29) is 11.1 Å². The molecule has 0 aliphatic heterocycles. The number of amides is 1. The third kappa shape index (κ3) is 6.03. The number of unbranched alkanes of at least 4 members (excludes halogenated alkanes) is 2. The molecule has 2 aromatic carbocycles. The van der Waals surface area contributed by atoms with Gasteiger partial charge in [-0.25, -0.2) is 9.19 Å². The van der Waals surface area contributed by atoms with E-state index in [4.69, 9.17) is 4.42 Å². The number of aromatic nitrogens is 1. The van der Waals surface area contributed by atoms with Crippen molar-refractivity contribution in [1.29, 1.82) is 0 Å². The Balaban J connectivity index is 1.47. The fourth-order valence-electron chi connectivity index (χ4n) is 3.63. The number of para-hydroxylation sites is 3. The summed E-state index contributed by atoms with van der Waals surface area (Å²) < 4.78 is 18.0. The summed E-state index contributed by atoms with van der Waals surface area (Å²) in [6.07, 6.45) is 2.82. The molecule has 0 fully saturated rings. The second-order valence-electron chi connectivity index (χ2n) is 8.48. The maximum Gasteiger partial charge on any atom is 0.287 e. The van der Waals surface area contributed by atoms with Crippen LogP contribution in [0.15, 0.2) is 52.1 Å². The number of benzene rings is 2. The van der Waals surface area contributed by atoms with E-state index in [2.05, 4.69) is 56.2 Å². The van der Waals surface area contributed by atoms with Crippen LogP contribution in [0.1, 0.15) is 76.3 Å². The molecular formula is C25H32N2O3S. The maximum atomic E-state index is 12.6. The Kier molecular flexibility index (Phi) is 8.02. The monoisotopic (exact) mass is 440 g/mol. The summed E-state index contributed by atoms with van der Waals surface area (Å²) in [5.41, 5.74) is 4.70. The first kappa shape index (κ1) is 23.2. The van der Waals surface area contributed by atoms with Crippen molar-refractivity contribution in [2.24, 2.45) is 0 Å². The molecule has 0 aliphatic carbocycles. The van der Waals surface area contributed by atoms with Gasteiger partial charge in [-0.1, -0.05) is 64.4 Å². The zero-order chi connectivity index (χ0) is 22.4. The first-order chi connectivity index (χ1) is 14.9. The molecule has 1 amide bonds. The van der Waals surface area contributed by atoms with Crippen molar-refractivity contribution < 1.29 is 13.4 Å². The maximum absolute atomic E-state index is 12.6. The van der Waals surface area contributed by atoms with Gasteiger partial charge in [-0.3, -0.25) is 4.79 Å². The van der Waals surface area contributed by atoms with Gasteiger partial charge in [0.15, 0.2) is 5.58 Å². The third-order valence-electron chi connectivity index (χ3n) is 5.34. The van der Waals surface area contributed by atoms with Crippen molar-refractivity contribution >= 4 is 33.5 Å². The van der Waals surface area contributed by atoms with Crippen LogP contribution in [0.4, 0.5) is 5.69 Å². The minimum absolute atomic E-state index is 0.0371. The van der Waals surface area contributed by atoms with Gasteiger partial charge in [0, 0.05) is 17.9 Å². The Hall–Kier alpha value is -2.47. The average Bonchev–Trinajstić information content (AvgIpc) is 3.17. The molecule has 3 rings (SSSR count). The van der Waals surface area contributed by atoms with Crippen molar-refractivity contribution in [2.45, 2.75) is 70.4 Å². The number of fused-ring (bicyclic) bond motifs is 1. The van der Waals surface area contributed by atoms with E-state index >= 15 is 0 Å². The van der Waals surface area contributed by atoms with Crippen LogP contribution in [0, 0.1) is 0 Å². The number of nitrogens with zero attached hydrogens (tertiary/aromatic N) is 1. The van der Waals surface area contributed by atoms with Crippen molar-refractivity contribution in [3.63, 3.8) is 0 Å². The molecule has 1 atom stereocenters. The van der Waals surface area contributed by atoms with Crippen molar-refractivity contribution in [3.8, 4) is 0 Å². The second-order valence-corrected chi connectivity index (χ2v) is 9.93. The van der Waals surface area contributed by atoms with Gasteiger partial charge in [0.25, 0.3) is 5.22 Å². The molecular weight excluding hydrogens is 408 g/mol. The fourth-order valence-corrected chi connectivity index (χ4v) is 4.65. The highest BCUT2D eigenvalue weighted by atomic mass is 32.2. The summed E-state index contributed by atoms with van der Waals surface area (Å²) in [5.74, 6) is 1.21. The molecule has 3 aromatic rings. The van der Waals surface area contributed by atoms with Gasteiger partial charge in [-0.05, 0) is 47.9 Å². The van der Waals surface area contributed by atoms with Gasteiger partial charge >= 0.3 is 0 Å². The lowest BCUT2D eigenvalue weighted by Crippen LogP contribution is -2.15. The van der Waals surface area contributed by atoms with E-state index in [1.807, 2.05) is 24.3 Å². The summed E-state index contributed by atoms with van der Waals surface area (Å²) in [6.45, 7) is 8.58. The largest absolute Gasteiger partial charge is 0.430 e. The molecule has 5 nitrogen and oxygen atoms in total. The molecule has 1 heterocycles. The van der Waals surface area contributed by atoms with Crippen molar-refractivity contribution in [3.05, 3.63) is 53.6 Å². The predicted octanol–water partition coefficient (Wildman–Crippen LogP) is 6.38. The van der Waals surface area contributed by atoms with Gasteiger partial charge < -0.3 is 9.73 Å². The van der Waals surface area contributed by atoms with Crippen molar-refractivity contribution in [1.82, 2.24) is 4.98 Å². The quantitative estimate of drug-likeness (QED) is 0.371. The van der Waals surface area contributed by atoms with Crippen LogP contribution in [0.5, 0.6) is 0 Å². The topological polar surface area (TPSA) is 72.2 Å². The normalized spacial score (nSPS) is 12.6. The van der Waals surface area contributed by atoms with E-state index in [1.165, 1.54) is 11.1 Å². The lowest BCUT2D eigenvalue weighted by molar-refractivity contribution is -0.116. The summed E-state index contributed by atoms with van der Waals surface area (Å²) in [4.78, 5) is 16.9. The van der Waals surface area contributed by atoms with Gasteiger partial charge in [0.2, 0.25) is 5.91 Å². The number of hydrogen-bond donors (Lipinski definition) is 1. The van der Waals surface area contributed by atoms with Gasteiger partial charge in [-0.2, -0.15) is 0 Å². The molecule has 0 spiro atoms. The number of carbonyl (C=O) groups excluding carboxylic acids is 1. The fraction of sp³-hybridized carbons (Fsp3) is 0.440. The number of rotatable bonds is 10. The summed E-state index contributed by atoms with van der Waals surface area (Å²) in [6, 6.07) is 13.7. The SMILES string of the molecule is CC(C)c1cccc(C(C)C)c1NC(=O)CCCCCS(=O)c1nc2ccccc2o1. The first-order valence-corrected chi connectivity index (χ1v) is 12.3. The van der Waals surface area contributed by atoms with E-state index < -0.39 is 10.8 Å². The summed E-state index contributed by atoms with van der Waals surface area (Å²) in [5, 5.41) is 3.44. The Morgan fingerprint density at radius 1 is 0.968 bits per heavy atom. The van der Waals surface area contributed by atoms with E-state index in [0.29, 0.717) is 29.6 Å². The minimum Gasteiger partial charge on any atom is -0.430 e. The number of anilines is 1. The molecule has 0 radical (unpaired) electrons. The van der Waals surface area contributed by atoms with Crippen LogP contribution in [0.2, 0.25) is 0 Å². The van der Waals surface area contributed by atoms with Crippen LogP contribution in [0.3, 0.4) is 0 Å². The summed E-state index contributed by atoms with van der Waals surface area (Å²) in [7, 11) is -1.26. The van der Waals surface area contributed by atoms with Gasteiger partial charge in [0.05, 0.1) is 0 Å². The van der Waals surface area contributed by atoms with E-state index in [0.717, 1.165) is 30.5 Å². The molecule has 6 heteroatoms. The minimum atomic E-state index is -1.26. The number of carbonyl (C=O) groups is 1. The molecule has 0 saturated carbocycles. The highest BCUT2D eigenvalue weighted by Crippen LogP contribution is 2.32. The van der Waals surface area contributed by atoms with Crippen LogP contribution in [-0.2, 0) is 15.6 Å². The average molecular weight is 441 g/mol. The smallest absolute Gasteiger partial charge is 0.287 e. The zero-order valence-electron chi connectivity index (χ0n) is 18.8. The number of hydrogen-bond acceptors (Lipinski definition) is 4. The molecule has 0 saturated heterocycles. The molecule has 1 aromatic heterocycles. The Labute approximate surface area is 187 Å². The first-order valence-electron chi connectivity index (χ1n) is 11.0. The number of oxazole rings is 1. The predicted molar refractivity (Wildman–Crippen MR) is 127 cm³/mol. The molecule has 1 unspecified atom stereocenters. The molecule has 0 bridgehead atoms. The zero-order valence-corrected chi connectivity index (χ0v) is 19.6.